The maximum Gasteiger partial charge on any atom is 0.342 e. The molecular weight excluding hydrogens is 339 g/mol. The zero-order valence-electron chi connectivity index (χ0n) is 11.4. The molecule has 0 N–H and O–H groups in total. The Hall–Kier alpha value is -2.62. The fourth-order valence-electron chi connectivity index (χ4n) is 1.70. The number of rotatable bonds is 4. The molecule has 0 atom stereocenters. The van der Waals surface area contributed by atoms with Crippen LogP contribution < -0.4 is 4.18 Å². The van der Waals surface area contributed by atoms with Crippen molar-refractivity contribution < 1.29 is 30.7 Å². The van der Waals surface area contributed by atoms with E-state index in [-0.39, 0.29) is 0 Å². The molecule has 23 heavy (non-hydrogen) atoms. The van der Waals surface area contributed by atoms with Crippen LogP contribution in [0.3, 0.4) is 0 Å². The van der Waals surface area contributed by atoms with Crippen LogP contribution in [0.2, 0.25) is 0 Å². The first-order chi connectivity index (χ1) is 10.6. The molecule has 0 unspecified atom stereocenters. The fourth-order valence-corrected chi connectivity index (χ4v) is 2.72. The van der Waals surface area contributed by atoms with Gasteiger partial charge in [-0.05, 0) is 30.7 Å². The Kier molecular flexibility index (Phi) is 4.28. The van der Waals surface area contributed by atoms with E-state index >= 15 is 0 Å². The summed E-state index contributed by atoms with van der Waals surface area (Å²) < 4.78 is 68.0. The normalized spacial score (nSPS) is 11.3. The molecule has 0 fully saturated rings. The van der Waals surface area contributed by atoms with Gasteiger partial charge in [-0.3, -0.25) is 10.1 Å². The number of nitro groups is 1. The zero-order chi connectivity index (χ0) is 17.4. The summed E-state index contributed by atoms with van der Waals surface area (Å²) in [5, 5.41) is 10.9. The number of halogens is 3. The highest BCUT2D eigenvalue weighted by atomic mass is 32.2. The summed E-state index contributed by atoms with van der Waals surface area (Å²) in [7, 11) is -4.94. The molecule has 2 aromatic rings. The molecule has 0 saturated heterocycles. The number of nitro benzene ring substituents is 1. The fraction of sp³-hybridized carbons (Fsp3) is 0.0769. The summed E-state index contributed by atoms with van der Waals surface area (Å²) in [6.07, 6.45) is 0. The van der Waals surface area contributed by atoms with Gasteiger partial charge in [0.1, 0.15) is 4.90 Å². The van der Waals surface area contributed by atoms with Crippen LogP contribution in [0.25, 0.3) is 0 Å². The van der Waals surface area contributed by atoms with Gasteiger partial charge in [-0.2, -0.15) is 8.42 Å². The minimum absolute atomic E-state index is 0.401. The molecule has 6 nitrogen and oxygen atoms in total. The molecule has 0 aliphatic heterocycles. The Morgan fingerprint density at radius 2 is 1.74 bits per heavy atom. The van der Waals surface area contributed by atoms with Crippen LogP contribution in [0.5, 0.6) is 5.75 Å². The molecule has 0 bridgehead atoms. The van der Waals surface area contributed by atoms with E-state index in [0.717, 1.165) is 12.1 Å². The molecule has 0 aromatic heterocycles. The lowest BCUT2D eigenvalue weighted by atomic mass is 10.2. The SMILES string of the molecule is Cc1ccc(OS(=O)(=O)c2ccc(F)c(F)c2F)c([N+](=O)[O-])c1. The van der Waals surface area contributed by atoms with E-state index in [1.165, 1.54) is 13.0 Å². The van der Waals surface area contributed by atoms with Crippen molar-refractivity contribution in [2.24, 2.45) is 0 Å². The van der Waals surface area contributed by atoms with Gasteiger partial charge in [-0.25, -0.2) is 13.2 Å². The molecular formula is C13H8F3NO5S. The lowest BCUT2D eigenvalue weighted by molar-refractivity contribution is -0.385. The van der Waals surface area contributed by atoms with Crippen molar-refractivity contribution in [3.05, 3.63) is 63.5 Å². The van der Waals surface area contributed by atoms with Crippen molar-refractivity contribution >= 4 is 15.8 Å². The van der Waals surface area contributed by atoms with E-state index in [1.807, 2.05) is 0 Å². The third-order valence-electron chi connectivity index (χ3n) is 2.78. The molecule has 0 spiro atoms. The maximum atomic E-state index is 13.6. The van der Waals surface area contributed by atoms with Crippen LogP contribution in [-0.4, -0.2) is 13.3 Å². The van der Waals surface area contributed by atoms with E-state index in [4.69, 9.17) is 0 Å². The smallest absolute Gasteiger partial charge is 0.342 e. The summed E-state index contributed by atoms with van der Waals surface area (Å²) in [5.41, 5.74) is -0.211. The minimum Gasteiger partial charge on any atom is -0.371 e. The molecule has 0 aliphatic rings. The molecule has 0 radical (unpaired) electrons. The van der Waals surface area contributed by atoms with Gasteiger partial charge in [-0.1, -0.05) is 6.07 Å². The summed E-state index contributed by atoms with van der Waals surface area (Å²) in [4.78, 5) is 8.75. The summed E-state index contributed by atoms with van der Waals surface area (Å²) in [6.45, 7) is 1.53. The second kappa shape index (κ2) is 5.88. The number of benzene rings is 2. The number of nitrogens with zero attached hydrogens (tertiary/aromatic N) is 1. The third kappa shape index (κ3) is 3.26. The molecule has 2 rings (SSSR count). The van der Waals surface area contributed by atoms with Crippen molar-refractivity contribution in [3.8, 4) is 5.75 Å². The monoisotopic (exact) mass is 347 g/mol. The number of aryl methyl sites for hydroxylation is 1. The average Bonchev–Trinajstić information content (AvgIpc) is 2.46. The molecule has 0 aliphatic carbocycles. The van der Waals surface area contributed by atoms with Crippen molar-refractivity contribution in [2.45, 2.75) is 11.8 Å². The second-order valence-electron chi connectivity index (χ2n) is 4.44. The van der Waals surface area contributed by atoms with Gasteiger partial charge in [-0.15, -0.1) is 0 Å². The molecule has 0 heterocycles. The van der Waals surface area contributed by atoms with E-state index in [2.05, 4.69) is 4.18 Å². The predicted octanol–water partition coefficient (Wildman–Crippen LogP) is 3.09. The van der Waals surface area contributed by atoms with E-state index in [9.17, 15) is 31.7 Å². The highest BCUT2D eigenvalue weighted by Crippen LogP contribution is 2.31. The minimum atomic E-state index is -4.94. The van der Waals surface area contributed by atoms with Crippen molar-refractivity contribution in [1.29, 1.82) is 0 Å². The van der Waals surface area contributed by atoms with Crippen LogP contribution in [0.4, 0.5) is 18.9 Å². The van der Waals surface area contributed by atoms with E-state index in [0.29, 0.717) is 17.7 Å². The Balaban J connectivity index is 2.52. The lowest BCUT2D eigenvalue weighted by Crippen LogP contribution is -2.14. The van der Waals surface area contributed by atoms with E-state index < -0.39 is 48.8 Å². The van der Waals surface area contributed by atoms with Gasteiger partial charge >= 0.3 is 15.8 Å². The van der Waals surface area contributed by atoms with Crippen LogP contribution in [0, 0.1) is 34.5 Å². The molecule has 10 heteroatoms. The molecule has 122 valence electrons. The van der Waals surface area contributed by atoms with Crippen LogP contribution in [0.15, 0.2) is 35.2 Å². The Labute approximate surface area is 128 Å². The van der Waals surface area contributed by atoms with E-state index in [1.54, 1.807) is 0 Å². The highest BCUT2D eigenvalue weighted by Gasteiger charge is 2.28. The lowest BCUT2D eigenvalue weighted by Gasteiger charge is -2.09. The standard InChI is InChI=1S/C13H8F3NO5S/c1-7-2-4-10(9(6-7)17(18)19)22-23(20,21)11-5-3-8(14)12(15)13(11)16/h2-6H,1H3. The molecule has 0 saturated carbocycles. The maximum absolute atomic E-state index is 13.6. The number of hydrogen-bond acceptors (Lipinski definition) is 5. The summed E-state index contributed by atoms with van der Waals surface area (Å²) in [5.74, 6) is -6.22. The summed E-state index contributed by atoms with van der Waals surface area (Å²) in [6, 6.07) is 4.25. The Bertz CT molecular complexity index is 899. The van der Waals surface area contributed by atoms with Crippen LogP contribution in [-0.2, 0) is 10.1 Å². The largest absolute Gasteiger partial charge is 0.371 e. The first-order valence-electron chi connectivity index (χ1n) is 5.96. The predicted molar refractivity (Wildman–Crippen MR) is 72.0 cm³/mol. The van der Waals surface area contributed by atoms with Crippen LogP contribution in [0.1, 0.15) is 5.56 Å². The van der Waals surface area contributed by atoms with Crippen LogP contribution >= 0.6 is 0 Å². The quantitative estimate of drug-likeness (QED) is 0.367. The zero-order valence-corrected chi connectivity index (χ0v) is 12.2. The first-order valence-corrected chi connectivity index (χ1v) is 7.37. The van der Waals surface area contributed by atoms with Gasteiger partial charge in [0.2, 0.25) is 5.75 Å². The Morgan fingerprint density at radius 3 is 2.35 bits per heavy atom. The van der Waals surface area contributed by atoms with Crippen molar-refractivity contribution in [1.82, 2.24) is 0 Å². The van der Waals surface area contributed by atoms with Gasteiger partial charge in [0, 0.05) is 6.07 Å². The topological polar surface area (TPSA) is 86.5 Å². The van der Waals surface area contributed by atoms with Gasteiger partial charge in [0.15, 0.2) is 17.5 Å². The number of hydrogen-bond donors (Lipinski definition) is 0. The third-order valence-corrected chi connectivity index (χ3v) is 4.03. The molecule has 0 amide bonds. The second-order valence-corrected chi connectivity index (χ2v) is 5.95. The Morgan fingerprint density at radius 1 is 1.09 bits per heavy atom. The van der Waals surface area contributed by atoms with Gasteiger partial charge in [0.25, 0.3) is 0 Å². The van der Waals surface area contributed by atoms with Crippen molar-refractivity contribution in [2.75, 3.05) is 0 Å². The summed E-state index contributed by atoms with van der Waals surface area (Å²) >= 11 is 0. The highest BCUT2D eigenvalue weighted by molar-refractivity contribution is 7.87. The molecule has 2 aromatic carbocycles. The first kappa shape index (κ1) is 16.7. The average molecular weight is 347 g/mol. The van der Waals surface area contributed by atoms with Crippen molar-refractivity contribution in [3.63, 3.8) is 0 Å². The van der Waals surface area contributed by atoms with Gasteiger partial charge < -0.3 is 4.18 Å². The van der Waals surface area contributed by atoms with Gasteiger partial charge in [0.05, 0.1) is 4.92 Å².